The first-order chi connectivity index (χ1) is 5.66. The van der Waals surface area contributed by atoms with E-state index in [1.54, 1.807) is 0 Å². The molecule has 1 aliphatic rings. The third-order valence-corrected chi connectivity index (χ3v) is 2.60. The molecule has 3 heteroatoms. The van der Waals surface area contributed by atoms with Gasteiger partial charge in [0, 0.05) is 25.0 Å². The highest BCUT2D eigenvalue weighted by atomic mass is 16.2. The standard InChI is InChI=1S/C9H18N2O/c1-7-3-4-8(2)11(7)9(12)5-6-10/h7-8H,3-6,10H2,1-2H3/t7-,8+. The first kappa shape index (κ1) is 9.52. The molecule has 3 nitrogen and oxygen atoms in total. The van der Waals surface area contributed by atoms with Crippen LogP contribution in [0.1, 0.15) is 33.1 Å². The number of carbonyl (C=O) groups excluding carboxylic acids is 1. The van der Waals surface area contributed by atoms with Gasteiger partial charge in [-0.25, -0.2) is 0 Å². The van der Waals surface area contributed by atoms with E-state index < -0.39 is 0 Å². The zero-order valence-corrected chi connectivity index (χ0v) is 7.92. The van der Waals surface area contributed by atoms with Crippen molar-refractivity contribution in [1.82, 2.24) is 4.90 Å². The third-order valence-electron chi connectivity index (χ3n) is 2.60. The van der Waals surface area contributed by atoms with Crippen LogP contribution in [0, 0.1) is 0 Å². The third kappa shape index (κ3) is 1.78. The largest absolute Gasteiger partial charge is 0.337 e. The van der Waals surface area contributed by atoms with Crippen molar-refractivity contribution in [1.29, 1.82) is 0 Å². The zero-order valence-electron chi connectivity index (χ0n) is 7.92. The van der Waals surface area contributed by atoms with E-state index in [-0.39, 0.29) is 5.91 Å². The van der Waals surface area contributed by atoms with Crippen LogP contribution in [0.5, 0.6) is 0 Å². The second kappa shape index (κ2) is 3.90. The minimum absolute atomic E-state index is 0.218. The van der Waals surface area contributed by atoms with E-state index in [1.807, 2.05) is 4.90 Å². The van der Waals surface area contributed by atoms with Crippen molar-refractivity contribution in [3.63, 3.8) is 0 Å². The van der Waals surface area contributed by atoms with Crippen molar-refractivity contribution < 1.29 is 4.79 Å². The monoisotopic (exact) mass is 170 g/mol. The van der Waals surface area contributed by atoms with Gasteiger partial charge in [-0.3, -0.25) is 4.79 Å². The molecule has 0 aliphatic carbocycles. The summed E-state index contributed by atoms with van der Waals surface area (Å²) >= 11 is 0. The average molecular weight is 170 g/mol. The van der Waals surface area contributed by atoms with Crippen LogP contribution in [0.3, 0.4) is 0 Å². The molecule has 2 atom stereocenters. The summed E-state index contributed by atoms with van der Waals surface area (Å²) in [6, 6.07) is 0.832. The minimum Gasteiger partial charge on any atom is -0.337 e. The molecule has 12 heavy (non-hydrogen) atoms. The number of rotatable bonds is 2. The Balaban J connectivity index is 2.53. The summed E-state index contributed by atoms with van der Waals surface area (Å²) in [5.74, 6) is 0.218. The first-order valence-electron chi connectivity index (χ1n) is 4.68. The topological polar surface area (TPSA) is 46.3 Å². The maximum Gasteiger partial charge on any atom is 0.224 e. The van der Waals surface area contributed by atoms with Crippen LogP contribution in [0.15, 0.2) is 0 Å². The van der Waals surface area contributed by atoms with E-state index in [9.17, 15) is 4.79 Å². The minimum atomic E-state index is 0.218. The molecule has 1 saturated heterocycles. The van der Waals surface area contributed by atoms with Crippen molar-refractivity contribution in [2.45, 2.75) is 45.2 Å². The summed E-state index contributed by atoms with van der Waals surface area (Å²) in [6.45, 7) is 4.69. The van der Waals surface area contributed by atoms with Crippen LogP contribution >= 0.6 is 0 Å². The lowest BCUT2D eigenvalue weighted by Crippen LogP contribution is -2.39. The highest BCUT2D eigenvalue weighted by Crippen LogP contribution is 2.23. The maximum absolute atomic E-state index is 11.5. The van der Waals surface area contributed by atoms with Gasteiger partial charge in [0.05, 0.1) is 0 Å². The SMILES string of the molecule is C[C@@H]1CC[C@H](C)N1C(=O)CCN. The Hall–Kier alpha value is -0.570. The normalized spacial score (nSPS) is 29.4. The molecule has 1 fully saturated rings. The van der Waals surface area contributed by atoms with E-state index in [4.69, 9.17) is 5.73 Å². The van der Waals surface area contributed by atoms with Crippen LogP contribution in [0.25, 0.3) is 0 Å². The fourth-order valence-electron chi connectivity index (χ4n) is 1.94. The highest BCUT2D eigenvalue weighted by Gasteiger charge is 2.30. The maximum atomic E-state index is 11.5. The first-order valence-corrected chi connectivity index (χ1v) is 4.68. The fourth-order valence-corrected chi connectivity index (χ4v) is 1.94. The molecular weight excluding hydrogens is 152 g/mol. The predicted octanol–water partition coefficient (Wildman–Crippen LogP) is 0.735. The molecule has 0 aromatic rings. The second-order valence-electron chi connectivity index (χ2n) is 3.62. The van der Waals surface area contributed by atoms with Crippen LogP contribution in [0.4, 0.5) is 0 Å². The number of carbonyl (C=O) groups is 1. The number of hydrogen-bond donors (Lipinski definition) is 1. The molecule has 70 valence electrons. The van der Waals surface area contributed by atoms with Gasteiger partial charge in [0.15, 0.2) is 0 Å². The van der Waals surface area contributed by atoms with Gasteiger partial charge in [0.25, 0.3) is 0 Å². The predicted molar refractivity (Wildman–Crippen MR) is 48.7 cm³/mol. The molecule has 0 unspecified atom stereocenters. The Morgan fingerprint density at radius 3 is 2.33 bits per heavy atom. The van der Waals surface area contributed by atoms with Crippen LogP contribution in [-0.4, -0.2) is 29.4 Å². The van der Waals surface area contributed by atoms with Gasteiger partial charge in [-0.1, -0.05) is 0 Å². The average Bonchev–Trinajstić information content (AvgIpc) is 2.32. The molecule has 0 radical (unpaired) electrons. The van der Waals surface area contributed by atoms with Crippen LogP contribution in [-0.2, 0) is 4.79 Å². The number of likely N-dealkylation sites (tertiary alicyclic amines) is 1. The molecule has 1 rings (SSSR count). The van der Waals surface area contributed by atoms with Gasteiger partial charge in [-0.05, 0) is 26.7 Å². The van der Waals surface area contributed by atoms with Gasteiger partial charge in [-0.2, -0.15) is 0 Å². The molecule has 0 aromatic carbocycles. The van der Waals surface area contributed by atoms with Crippen molar-refractivity contribution in [2.24, 2.45) is 5.73 Å². The molecule has 2 N–H and O–H groups in total. The van der Waals surface area contributed by atoms with Gasteiger partial charge in [0.2, 0.25) is 5.91 Å². The van der Waals surface area contributed by atoms with E-state index >= 15 is 0 Å². The molecule has 1 aliphatic heterocycles. The highest BCUT2D eigenvalue weighted by molar-refractivity contribution is 5.77. The van der Waals surface area contributed by atoms with Gasteiger partial charge in [0.1, 0.15) is 0 Å². The van der Waals surface area contributed by atoms with Crippen LogP contribution in [0.2, 0.25) is 0 Å². The summed E-state index contributed by atoms with van der Waals surface area (Å²) in [7, 11) is 0. The van der Waals surface area contributed by atoms with E-state index in [1.165, 1.54) is 0 Å². The van der Waals surface area contributed by atoms with Crippen molar-refractivity contribution >= 4 is 5.91 Å². The number of amides is 1. The lowest BCUT2D eigenvalue weighted by Gasteiger charge is -2.26. The summed E-state index contributed by atoms with van der Waals surface area (Å²) in [5, 5.41) is 0. The molecule has 1 heterocycles. The smallest absolute Gasteiger partial charge is 0.224 e. The van der Waals surface area contributed by atoms with Crippen LogP contribution < -0.4 is 5.73 Å². The van der Waals surface area contributed by atoms with Gasteiger partial charge in [-0.15, -0.1) is 0 Å². The Morgan fingerprint density at radius 1 is 1.42 bits per heavy atom. The summed E-state index contributed by atoms with van der Waals surface area (Å²) in [6.07, 6.45) is 2.77. The van der Waals surface area contributed by atoms with Crippen molar-refractivity contribution in [2.75, 3.05) is 6.54 Å². The summed E-state index contributed by atoms with van der Waals surface area (Å²) < 4.78 is 0. The second-order valence-corrected chi connectivity index (χ2v) is 3.62. The van der Waals surface area contributed by atoms with E-state index in [0.29, 0.717) is 25.0 Å². The quantitative estimate of drug-likeness (QED) is 0.664. The Morgan fingerprint density at radius 2 is 1.92 bits per heavy atom. The summed E-state index contributed by atoms with van der Waals surface area (Å²) in [4.78, 5) is 13.5. The number of nitrogens with two attached hydrogens (primary N) is 1. The lowest BCUT2D eigenvalue weighted by molar-refractivity contribution is -0.133. The number of nitrogens with zero attached hydrogens (tertiary/aromatic N) is 1. The molecule has 0 spiro atoms. The van der Waals surface area contributed by atoms with Crippen molar-refractivity contribution in [3.8, 4) is 0 Å². The summed E-state index contributed by atoms with van der Waals surface area (Å²) in [5.41, 5.74) is 5.34. The molecule has 0 aromatic heterocycles. The lowest BCUT2D eigenvalue weighted by atomic mass is 10.2. The Bertz CT molecular complexity index is 160. The number of hydrogen-bond acceptors (Lipinski definition) is 2. The molecular formula is C9H18N2O. The Kier molecular flexibility index (Phi) is 3.09. The van der Waals surface area contributed by atoms with E-state index in [0.717, 1.165) is 12.8 Å². The Labute approximate surface area is 73.9 Å². The van der Waals surface area contributed by atoms with E-state index in [2.05, 4.69) is 13.8 Å². The molecule has 0 saturated carbocycles. The molecule has 0 bridgehead atoms. The zero-order chi connectivity index (χ0) is 9.14. The van der Waals surface area contributed by atoms with Gasteiger partial charge < -0.3 is 10.6 Å². The van der Waals surface area contributed by atoms with Gasteiger partial charge >= 0.3 is 0 Å². The van der Waals surface area contributed by atoms with Crippen molar-refractivity contribution in [3.05, 3.63) is 0 Å². The molecule has 1 amide bonds. The fraction of sp³-hybridized carbons (Fsp3) is 0.889.